The van der Waals surface area contributed by atoms with Crippen LogP contribution in [0.1, 0.15) is 21.5 Å². The van der Waals surface area contributed by atoms with Gasteiger partial charge in [0.2, 0.25) is 0 Å². The maximum Gasteiger partial charge on any atom is 0.252 e. The highest BCUT2D eigenvalue weighted by Crippen LogP contribution is 2.23. The van der Waals surface area contributed by atoms with Gasteiger partial charge in [-0.05, 0) is 45.3 Å². The molecule has 1 N–H and O–H groups in total. The summed E-state index contributed by atoms with van der Waals surface area (Å²) in [5.74, 6) is 0.513. The van der Waals surface area contributed by atoms with E-state index < -0.39 is 0 Å². The van der Waals surface area contributed by atoms with E-state index in [1.54, 1.807) is 19.2 Å². The number of hydrogen-bond acceptors (Lipinski definition) is 3. The zero-order chi connectivity index (χ0) is 16.2. The van der Waals surface area contributed by atoms with Gasteiger partial charge in [-0.2, -0.15) is 0 Å². The van der Waals surface area contributed by atoms with E-state index in [2.05, 4.69) is 33.4 Å². The maximum absolute atomic E-state index is 12.4. The summed E-state index contributed by atoms with van der Waals surface area (Å²) >= 11 is 3.40. The normalized spacial score (nSPS) is 16.5. The van der Waals surface area contributed by atoms with Gasteiger partial charge in [0.1, 0.15) is 5.75 Å². The molecule has 120 valence electrons. The Hall–Kier alpha value is -1.85. The van der Waals surface area contributed by atoms with Crippen LogP contribution in [0, 0.1) is 0 Å². The Balaban J connectivity index is 1.62. The van der Waals surface area contributed by atoms with E-state index in [1.165, 1.54) is 11.1 Å². The molecule has 3 rings (SSSR count). The number of rotatable bonds is 4. The lowest BCUT2D eigenvalue weighted by atomic mass is 9.99. The number of carbonyl (C=O) groups excluding carboxylic acids is 1. The second-order valence-corrected chi connectivity index (χ2v) is 6.32. The first kappa shape index (κ1) is 16.0. The second-order valence-electron chi connectivity index (χ2n) is 5.46. The predicted molar refractivity (Wildman–Crippen MR) is 91.8 cm³/mol. The van der Waals surface area contributed by atoms with Gasteiger partial charge in [0, 0.05) is 17.4 Å². The number of carbonyl (C=O) groups is 1. The molecule has 0 fully saturated rings. The number of nitrogens with one attached hydrogen (secondary N) is 1. The molecule has 1 heterocycles. The molecule has 1 atom stereocenters. The van der Waals surface area contributed by atoms with Gasteiger partial charge < -0.3 is 14.8 Å². The van der Waals surface area contributed by atoms with Gasteiger partial charge in [-0.15, -0.1) is 0 Å². The molecule has 1 unspecified atom stereocenters. The molecule has 0 saturated carbocycles. The van der Waals surface area contributed by atoms with Crippen molar-refractivity contribution in [3.8, 4) is 5.75 Å². The van der Waals surface area contributed by atoms with E-state index in [-0.39, 0.29) is 12.0 Å². The number of methoxy groups -OCH3 is 1. The van der Waals surface area contributed by atoms with Crippen molar-refractivity contribution < 1.29 is 14.3 Å². The largest absolute Gasteiger partial charge is 0.497 e. The summed E-state index contributed by atoms with van der Waals surface area (Å²) in [6.45, 7) is 1.08. The van der Waals surface area contributed by atoms with Gasteiger partial charge in [-0.25, -0.2) is 0 Å². The average molecular weight is 376 g/mol. The van der Waals surface area contributed by atoms with E-state index in [9.17, 15) is 4.79 Å². The minimum Gasteiger partial charge on any atom is -0.497 e. The lowest BCUT2D eigenvalue weighted by molar-refractivity contribution is 0.0285. The fourth-order valence-electron chi connectivity index (χ4n) is 2.65. The number of benzene rings is 2. The molecular formula is C18H18BrNO3. The molecule has 2 aromatic carbocycles. The van der Waals surface area contributed by atoms with Crippen LogP contribution in [0.5, 0.6) is 5.75 Å². The van der Waals surface area contributed by atoms with Gasteiger partial charge in [-0.3, -0.25) is 4.79 Å². The van der Waals surface area contributed by atoms with Crippen LogP contribution >= 0.6 is 15.9 Å². The summed E-state index contributed by atoms with van der Waals surface area (Å²) in [4.78, 5) is 12.4. The van der Waals surface area contributed by atoms with Crippen molar-refractivity contribution in [3.05, 3.63) is 63.6 Å². The molecule has 2 aromatic rings. The zero-order valence-electron chi connectivity index (χ0n) is 12.8. The van der Waals surface area contributed by atoms with Crippen LogP contribution in [0.3, 0.4) is 0 Å². The molecular weight excluding hydrogens is 358 g/mol. The highest BCUT2D eigenvalue weighted by Gasteiger charge is 2.20. The van der Waals surface area contributed by atoms with E-state index in [0.717, 1.165) is 10.9 Å². The standard InChI is InChI=1S/C18H18BrNO3/c1-22-14-6-7-17(19)16(9-14)18(21)20-10-15-8-12-4-2-3-5-13(12)11-23-15/h2-7,9,15H,8,10-11H2,1H3,(H,20,21). The van der Waals surface area contributed by atoms with Crippen LogP contribution in [-0.2, 0) is 17.8 Å². The molecule has 0 spiro atoms. The fourth-order valence-corrected chi connectivity index (χ4v) is 3.07. The molecule has 5 heteroatoms. The Kier molecular flexibility index (Phi) is 4.98. The van der Waals surface area contributed by atoms with Gasteiger partial charge in [0.15, 0.2) is 0 Å². The van der Waals surface area contributed by atoms with Crippen LogP contribution in [-0.4, -0.2) is 25.7 Å². The Morgan fingerprint density at radius 3 is 2.87 bits per heavy atom. The Morgan fingerprint density at radius 1 is 1.30 bits per heavy atom. The average Bonchev–Trinajstić information content (AvgIpc) is 2.60. The fraction of sp³-hybridized carbons (Fsp3) is 0.278. The lowest BCUT2D eigenvalue weighted by Gasteiger charge is -2.25. The molecule has 0 aliphatic carbocycles. The topological polar surface area (TPSA) is 47.6 Å². The third-order valence-electron chi connectivity index (χ3n) is 3.95. The number of fused-ring (bicyclic) bond motifs is 1. The highest BCUT2D eigenvalue weighted by molar-refractivity contribution is 9.10. The lowest BCUT2D eigenvalue weighted by Crippen LogP contribution is -2.36. The maximum atomic E-state index is 12.4. The summed E-state index contributed by atoms with van der Waals surface area (Å²) in [5, 5.41) is 2.94. The molecule has 0 aromatic heterocycles. The van der Waals surface area contributed by atoms with Crippen molar-refractivity contribution in [1.29, 1.82) is 0 Å². The summed E-state index contributed by atoms with van der Waals surface area (Å²) in [5.41, 5.74) is 3.08. The SMILES string of the molecule is COc1ccc(Br)c(C(=O)NCC2Cc3ccccc3CO2)c1. The Labute approximate surface area is 143 Å². The minimum absolute atomic E-state index is 0.00164. The Bertz CT molecular complexity index is 717. The van der Waals surface area contributed by atoms with Gasteiger partial charge in [0.05, 0.1) is 25.4 Å². The molecule has 1 amide bonds. The number of amides is 1. The van der Waals surface area contributed by atoms with Crippen molar-refractivity contribution >= 4 is 21.8 Å². The van der Waals surface area contributed by atoms with E-state index in [0.29, 0.717) is 24.5 Å². The van der Waals surface area contributed by atoms with E-state index >= 15 is 0 Å². The van der Waals surface area contributed by atoms with Crippen molar-refractivity contribution in [2.24, 2.45) is 0 Å². The zero-order valence-corrected chi connectivity index (χ0v) is 14.4. The van der Waals surface area contributed by atoms with Gasteiger partial charge in [0.25, 0.3) is 5.91 Å². The molecule has 4 nitrogen and oxygen atoms in total. The van der Waals surface area contributed by atoms with Crippen molar-refractivity contribution in [3.63, 3.8) is 0 Å². The van der Waals surface area contributed by atoms with Gasteiger partial charge >= 0.3 is 0 Å². The number of hydrogen-bond donors (Lipinski definition) is 1. The number of ether oxygens (including phenoxy) is 2. The summed E-state index contributed by atoms with van der Waals surface area (Å²) in [6.07, 6.45) is 0.814. The van der Waals surface area contributed by atoms with Gasteiger partial charge in [-0.1, -0.05) is 24.3 Å². The van der Waals surface area contributed by atoms with Crippen LogP contribution in [0.2, 0.25) is 0 Å². The predicted octanol–water partition coefficient (Wildman–Crippen LogP) is 3.33. The monoisotopic (exact) mass is 375 g/mol. The molecule has 0 saturated heterocycles. The smallest absolute Gasteiger partial charge is 0.252 e. The van der Waals surface area contributed by atoms with Crippen molar-refractivity contribution in [2.45, 2.75) is 19.1 Å². The van der Waals surface area contributed by atoms with E-state index in [4.69, 9.17) is 9.47 Å². The quantitative estimate of drug-likeness (QED) is 0.891. The van der Waals surface area contributed by atoms with Crippen molar-refractivity contribution in [1.82, 2.24) is 5.32 Å². The van der Waals surface area contributed by atoms with E-state index in [1.807, 2.05) is 18.2 Å². The number of halogens is 1. The summed E-state index contributed by atoms with van der Waals surface area (Å²) in [6, 6.07) is 13.6. The molecule has 1 aliphatic heterocycles. The molecule has 23 heavy (non-hydrogen) atoms. The minimum atomic E-state index is -0.141. The third-order valence-corrected chi connectivity index (χ3v) is 4.64. The van der Waals surface area contributed by atoms with Crippen LogP contribution in [0.4, 0.5) is 0 Å². The third kappa shape index (κ3) is 3.74. The Morgan fingerprint density at radius 2 is 2.09 bits per heavy atom. The summed E-state index contributed by atoms with van der Waals surface area (Å²) in [7, 11) is 1.58. The van der Waals surface area contributed by atoms with Crippen molar-refractivity contribution in [2.75, 3.05) is 13.7 Å². The van der Waals surface area contributed by atoms with Crippen LogP contribution < -0.4 is 10.1 Å². The second kappa shape index (κ2) is 7.15. The molecule has 0 bridgehead atoms. The first-order chi connectivity index (χ1) is 11.2. The van der Waals surface area contributed by atoms with Crippen LogP contribution in [0.25, 0.3) is 0 Å². The first-order valence-electron chi connectivity index (χ1n) is 7.47. The molecule has 1 aliphatic rings. The highest BCUT2D eigenvalue weighted by atomic mass is 79.9. The summed E-state index contributed by atoms with van der Waals surface area (Å²) < 4.78 is 11.7. The van der Waals surface area contributed by atoms with Crippen LogP contribution in [0.15, 0.2) is 46.9 Å². The first-order valence-corrected chi connectivity index (χ1v) is 8.27. The molecule has 0 radical (unpaired) electrons.